The Morgan fingerprint density at radius 3 is 2.94 bits per heavy atom. The fourth-order valence-electron chi connectivity index (χ4n) is 1.42. The van der Waals surface area contributed by atoms with Crippen LogP contribution in [-0.2, 0) is 12.8 Å². The average Bonchev–Trinajstić information content (AvgIpc) is 2.73. The molecule has 94 valence electrons. The molecule has 0 saturated carbocycles. The van der Waals surface area contributed by atoms with Gasteiger partial charge in [0.1, 0.15) is 11.6 Å². The van der Waals surface area contributed by atoms with Gasteiger partial charge < -0.3 is 9.67 Å². The van der Waals surface area contributed by atoms with Crippen LogP contribution in [0.2, 0.25) is 0 Å². The number of carbonyl (C=O) groups is 1. The van der Waals surface area contributed by atoms with E-state index in [0.29, 0.717) is 10.6 Å². The Hall–Kier alpha value is -1.82. The third-order valence-corrected chi connectivity index (χ3v) is 3.48. The van der Waals surface area contributed by atoms with Gasteiger partial charge in [-0.1, -0.05) is 0 Å². The van der Waals surface area contributed by atoms with Crippen LogP contribution in [0.3, 0.4) is 0 Å². The summed E-state index contributed by atoms with van der Waals surface area (Å²) in [6.07, 6.45) is 3.47. The second kappa shape index (κ2) is 5.22. The molecular formula is C12H11FN2O2S. The van der Waals surface area contributed by atoms with Crippen molar-refractivity contribution in [2.24, 2.45) is 7.05 Å². The number of nitrogens with zero attached hydrogens (tertiary/aromatic N) is 2. The molecule has 0 radical (unpaired) electrons. The summed E-state index contributed by atoms with van der Waals surface area (Å²) in [6.45, 7) is 0. The van der Waals surface area contributed by atoms with Crippen molar-refractivity contribution in [1.29, 1.82) is 0 Å². The first kappa shape index (κ1) is 12.6. The highest BCUT2D eigenvalue weighted by atomic mass is 32.2. The number of aryl methyl sites for hydroxylation is 1. The normalized spacial score (nSPS) is 10.6. The van der Waals surface area contributed by atoms with E-state index in [4.69, 9.17) is 5.11 Å². The van der Waals surface area contributed by atoms with Gasteiger partial charge in [-0.2, -0.15) is 0 Å². The van der Waals surface area contributed by atoms with Crippen molar-refractivity contribution < 1.29 is 14.3 Å². The van der Waals surface area contributed by atoms with Crippen molar-refractivity contribution in [3.8, 4) is 0 Å². The molecule has 0 spiro atoms. The van der Waals surface area contributed by atoms with Crippen LogP contribution >= 0.6 is 11.8 Å². The monoisotopic (exact) mass is 266 g/mol. The average molecular weight is 266 g/mol. The van der Waals surface area contributed by atoms with Gasteiger partial charge in [-0.25, -0.2) is 14.2 Å². The van der Waals surface area contributed by atoms with E-state index >= 15 is 0 Å². The van der Waals surface area contributed by atoms with Gasteiger partial charge in [-0.3, -0.25) is 0 Å². The Morgan fingerprint density at radius 2 is 2.33 bits per heavy atom. The highest BCUT2D eigenvalue weighted by Gasteiger charge is 2.10. The summed E-state index contributed by atoms with van der Waals surface area (Å²) < 4.78 is 15.4. The number of carboxylic acids is 1. The number of hydrogen-bond donors (Lipinski definition) is 1. The maximum absolute atomic E-state index is 13.5. The lowest BCUT2D eigenvalue weighted by atomic mass is 10.2. The zero-order chi connectivity index (χ0) is 13.1. The summed E-state index contributed by atoms with van der Waals surface area (Å²) in [5, 5.41) is 8.85. The predicted octanol–water partition coefficient (Wildman–Crippen LogP) is 2.55. The molecule has 18 heavy (non-hydrogen) atoms. The minimum absolute atomic E-state index is 0.0822. The minimum Gasteiger partial charge on any atom is -0.478 e. The van der Waals surface area contributed by atoms with Crippen molar-refractivity contribution in [3.05, 3.63) is 47.8 Å². The minimum atomic E-state index is -1.06. The van der Waals surface area contributed by atoms with Gasteiger partial charge in [0.2, 0.25) is 0 Å². The Labute approximate surface area is 107 Å². The highest BCUT2D eigenvalue weighted by Crippen LogP contribution is 2.26. The second-order valence-electron chi connectivity index (χ2n) is 3.69. The van der Waals surface area contributed by atoms with Crippen LogP contribution in [-0.4, -0.2) is 20.6 Å². The molecule has 4 nitrogen and oxygen atoms in total. The first-order valence-corrected chi connectivity index (χ1v) is 6.18. The summed E-state index contributed by atoms with van der Waals surface area (Å²) in [7, 11) is 1.85. The Morgan fingerprint density at radius 1 is 1.56 bits per heavy atom. The molecule has 1 heterocycles. The van der Waals surface area contributed by atoms with Crippen molar-refractivity contribution in [1.82, 2.24) is 9.55 Å². The van der Waals surface area contributed by atoms with E-state index < -0.39 is 11.8 Å². The van der Waals surface area contributed by atoms with E-state index in [-0.39, 0.29) is 5.56 Å². The Kier molecular flexibility index (Phi) is 3.66. The number of benzene rings is 1. The molecule has 0 unspecified atom stereocenters. The summed E-state index contributed by atoms with van der Waals surface area (Å²) in [5.74, 6) is -0.183. The number of rotatable bonds is 4. The molecule has 0 amide bonds. The highest BCUT2D eigenvalue weighted by molar-refractivity contribution is 7.98. The first-order valence-electron chi connectivity index (χ1n) is 5.20. The molecule has 2 aromatic rings. The lowest BCUT2D eigenvalue weighted by molar-refractivity contribution is 0.0696. The van der Waals surface area contributed by atoms with E-state index in [1.807, 2.05) is 11.6 Å². The molecule has 1 aromatic heterocycles. The van der Waals surface area contributed by atoms with Crippen LogP contribution in [0.1, 0.15) is 16.2 Å². The molecule has 0 aliphatic heterocycles. The molecule has 0 bridgehead atoms. The van der Waals surface area contributed by atoms with Crippen molar-refractivity contribution in [3.63, 3.8) is 0 Å². The fourth-order valence-corrected chi connectivity index (χ4v) is 2.40. The van der Waals surface area contributed by atoms with Gasteiger partial charge in [0.25, 0.3) is 0 Å². The third-order valence-electron chi connectivity index (χ3n) is 2.46. The first-order chi connectivity index (χ1) is 8.58. The molecular weight excluding hydrogens is 255 g/mol. The summed E-state index contributed by atoms with van der Waals surface area (Å²) in [6, 6.07) is 3.76. The maximum atomic E-state index is 13.5. The molecule has 0 atom stereocenters. The van der Waals surface area contributed by atoms with Gasteiger partial charge in [0.05, 0.1) is 11.3 Å². The van der Waals surface area contributed by atoms with Crippen LogP contribution < -0.4 is 0 Å². The summed E-state index contributed by atoms with van der Waals surface area (Å²) in [4.78, 5) is 15.2. The Bertz CT molecular complexity index is 583. The molecule has 0 fully saturated rings. The largest absolute Gasteiger partial charge is 0.478 e. The zero-order valence-corrected chi connectivity index (χ0v) is 10.4. The zero-order valence-electron chi connectivity index (χ0n) is 9.63. The number of hydrogen-bond acceptors (Lipinski definition) is 3. The lowest BCUT2D eigenvalue weighted by Gasteiger charge is -2.04. The van der Waals surface area contributed by atoms with E-state index in [0.717, 1.165) is 5.82 Å². The number of thioether (sulfide) groups is 1. The molecule has 0 aliphatic carbocycles. The van der Waals surface area contributed by atoms with Gasteiger partial charge in [-0.05, 0) is 18.2 Å². The predicted molar refractivity (Wildman–Crippen MR) is 66.1 cm³/mol. The number of carboxylic acid groups (broad SMARTS) is 1. The second-order valence-corrected chi connectivity index (χ2v) is 4.71. The van der Waals surface area contributed by atoms with Gasteiger partial charge in [-0.15, -0.1) is 11.8 Å². The van der Waals surface area contributed by atoms with Crippen molar-refractivity contribution in [2.75, 3.05) is 0 Å². The van der Waals surface area contributed by atoms with Crippen molar-refractivity contribution in [2.45, 2.75) is 10.6 Å². The van der Waals surface area contributed by atoms with Gasteiger partial charge in [0.15, 0.2) is 0 Å². The standard InChI is InChI=1S/C12H11FN2O2S/c1-15-5-4-14-11(15)7-18-10-6-8(12(16)17)2-3-9(10)13/h2-6H,7H2,1H3,(H,16,17). The molecule has 0 aliphatic rings. The summed E-state index contributed by atoms with van der Waals surface area (Å²) >= 11 is 1.23. The van der Waals surface area contributed by atoms with E-state index in [1.165, 1.54) is 30.0 Å². The molecule has 1 aromatic carbocycles. The van der Waals surface area contributed by atoms with Crippen LogP contribution in [0.5, 0.6) is 0 Å². The third kappa shape index (κ3) is 2.70. The lowest BCUT2D eigenvalue weighted by Crippen LogP contribution is -1.98. The molecule has 0 saturated heterocycles. The van der Waals surface area contributed by atoms with E-state index in [2.05, 4.69) is 4.98 Å². The molecule has 6 heteroatoms. The quantitative estimate of drug-likeness (QED) is 0.864. The summed E-state index contributed by atoms with van der Waals surface area (Å²) in [5.41, 5.74) is 0.0822. The van der Waals surface area contributed by atoms with Crippen LogP contribution in [0.4, 0.5) is 4.39 Å². The van der Waals surface area contributed by atoms with Crippen molar-refractivity contribution >= 4 is 17.7 Å². The van der Waals surface area contributed by atoms with Crippen LogP contribution in [0.15, 0.2) is 35.5 Å². The SMILES string of the molecule is Cn1ccnc1CSc1cc(C(=O)O)ccc1F. The van der Waals surface area contributed by atoms with Crippen LogP contribution in [0.25, 0.3) is 0 Å². The number of aromatic nitrogens is 2. The number of aromatic carboxylic acids is 1. The molecule has 2 rings (SSSR count). The smallest absolute Gasteiger partial charge is 0.335 e. The topological polar surface area (TPSA) is 55.1 Å². The number of imidazole rings is 1. The number of halogens is 1. The van der Waals surface area contributed by atoms with Gasteiger partial charge in [0, 0.05) is 24.3 Å². The maximum Gasteiger partial charge on any atom is 0.335 e. The van der Waals surface area contributed by atoms with E-state index in [9.17, 15) is 9.18 Å². The van der Waals surface area contributed by atoms with Crippen LogP contribution in [0, 0.1) is 5.82 Å². The van der Waals surface area contributed by atoms with E-state index in [1.54, 1.807) is 12.4 Å². The van der Waals surface area contributed by atoms with Gasteiger partial charge >= 0.3 is 5.97 Å². The fraction of sp³-hybridized carbons (Fsp3) is 0.167. The molecule has 1 N–H and O–H groups in total. The Balaban J connectivity index is 2.16.